The van der Waals surface area contributed by atoms with Gasteiger partial charge in [0.2, 0.25) is 11.8 Å². The highest BCUT2D eigenvalue weighted by atomic mass is 16.2. The van der Waals surface area contributed by atoms with Gasteiger partial charge in [-0.2, -0.15) is 0 Å². The van der Waals surface area contributed by atoms with E-state index in [9.17, 15) is 14.4 Å². The van der Waals surface area contributed by atoms with E-state index in [-0.39, 0.29) is 17.7 Å². The summed E-state index contributed by atoms with van der Waals surface area (Å²) in [5.41, 5.74) is 7.86. The van der Waals surface area contributed by atoms with E-state index in [2.05, 4.69) is 15.6 Å². The Balaban J connectivity index is 2.23. The number of aromatic nitrogens is 1. The van der Waals surface area contributed by atoms with E-state index < -0.39 is 24.0 Å². The van der Waals surface area contributed by atoms with Gasteiger partial charge < -0.3 is 26.1 Å². The van der Waals surface area contributed by atoms with Gasteiger partial charge in [0.05, 0.1) is 12.1 Å². The van der Waals surface area contributed by atoms with Gasteiger partial charge in [-0.05, 0) is 29.9 Å². The third kappa shape index (κ3) is 6.15. The van der Waals surface area contributed by atoms with Crippen LogP contribution in [0.3, 0.4) is 0 Å². The van der Waals surface area contributed by atoms with Crippen molar-refractivity contribution >= 4 is 29.0 Å². The summed E-state index contributed by atoms with van der Waals surface area (Å²) < 4.78 is 0. The minimum atomic E-state index is -0.832. The lowest BCUT2D eigenvalue weighted by molar-refractivity contribution is -0.131. The predicted molar refractivity (Wildman–Crippen MR) is 114 cm³/mol. The Morgan fingerprint density at radius 3 is 2.41 bits per heavy atom. The second kappa shape index (κ2) is 10.2. The van der Waals surface area contributed by atoms with E-state index in [4.69, 9.17) is 5.73 Å². The number of para-hydroxylation sites is 1. The Kier molecular flexibility index (Phi) is 7.96. The highest BCUT2D eigenvalue weighted by Crippen LogP contribution is 2.19. The molecule has 0 aliphatic carbocycles. The van der Waals surface area contributed by atoms with Gasteiger partial charge in [0.25, 0.3) is 0 Å². The molecule has 0 bridgehead atoms. The van der Waals surface area contributed by atoms with E-state index in [1.165, 1.54) is 0 Å². The summed E-state index contributed by atoms with van der Waals surface area (Å²) in [6, 6.07) is 5.62. The van der Waals surface area contributed by atoms with E-state index in [0.717, 1.165) is 22.8 Å². The number of aldehydes is 1. The first-order chi connectivity index (χ1) is 13.7. The van der Waals surface area contributed by atoms with Crippen LogP contribution >= 0.6 is 0 Å². The van der Waals surface area contributed by atoms with Crippen molar-refractivity contribution in [3.63, 3.8) is 0 Å². The fourth-order valence-corrected chi connectivity index (χ4v) is 3.25. The van der Waals surface area contributed by atoms with Gasteiger partial charge in [0.1, 0.15) is 12.3 Å². The van der Waals surface area contributed by atoms with Crippen molar-refractivity contribution in [2.45, 2.75) is 58.7 Å². The molecule has 29 heavy (non-hydrogen) atoms. The molecule has 2 rings (SSSR count). The lowest BCUT2D eigenvalue weighted by Gasteiger charge is -2.24. The van der Waals surface area contributed by atoms with Crippen molar-refractivity contribution in [3.05, 3.63) is 36.0 Å². The van der Waals surface area contributed by atoms with E-state index in [1.807, 2.05) is 58.2 Å². The first-order valence-corrected chi connectivity index (χ1v) is 10.1. The largest absolute Gasteiger partial charge is 0.361 e. The maximum absolute atomic E-state index is 12.9. The molecule has 0 saturated heterocycles. The Morgan fingerprint density at radius 1 is 1.10 bits per heavy atom. The minimum Gasteiger partial charge on any atom is -0.361 e. The minimum absolute atomic E-state index is 0.0518. The lowest BCUT2D eigenvalue weighted by atomic mass is 10.0. The van der Waals surface area contributed by atoms with E-state index in [0.29, 0.717) is 12.8 Å². The number of amides is 2. The molecule has 2 aromatic rings. The van der Waals surface area contributed by atoms with Crippen LogP contribution in [0.5, 0.6) is 0 Å². The first kappa shape index (κ1) is 22.6. The molecule has 0 spiro atoms. The van der Waals surface area contributed by atoms with Crippen LogP contribution in [0.2, 0.25) is 0 Å². The van der Waals surface area contributed by atoms with Gasteiger partial charge in [-0.1, -0.05) is 45.9 Å². The molecule has 0 aliphatic heterocycles. The summed E-state index contributed by atoms with van der Waals surface area (Å²) in [5, 5.41) is 6.51. The van der Waals surface area contributed by atoms with Gasteiger partial charge in [0, 0.05) is 23.5 Å². The number of hydrogen-bond acceptors (Lipinski definition) is 4. The topological polar surface area (TPSA) is 117 Å². The van der Waals surface area contributed by atoms with Gasteiger partial charge >= 0.3 is 0 Å². The molecule has 7 nitrogen and oxygen atoms in total. The molecule has 0 aliphatic rings. The molecular formula is C22H32N4O3. The third-order valence-electron chi connectivity index (χ3n) is 4.97. The number of aromatic amines is 1. The number of carbonyl (C=O) groups excluding carboxylic acids is 3. The molecule has 0 radical (unpaired) electrons. The zero-order chi connectivity index (χ0) is 21.6. The molecule has 1 aromatic carbocycles. The van der Waals surface area contributed by atoms with E-state index >= 15 is 0 Å². The van der Waals surface area contributed by atoms with Crippen LogP contribution in [0.25, 0.3) is 10.9 Å². The van der Waals surface area contributed by atoms with Crippen molar-refractivity contribution in [2.75, 3.05) is 0 Å². The summed E-state index contributed by atoms with van der Waals surface area (Å²) in [6.07, 6.45) is 3.37. The molecule has 2 amide bonds. The second-order valence-corrected chi connectivity index (χ2v) is 8.28. The molecule has 158 valence electrons. The second-order valence-electron chi connectivity index (χ2n) is 8.28. The molecular weight excluding hydrogens is 368 g/mol. The van der Waals surface area contributed by atoms with Crippen LogP contribution in [-0.4, -0.2) is 41.2 Å². The Morgan fingerprint density at radius 2 is 1.79 bits per heavy atom. The smallest absolute Gasteiger partial charge is 0.243 e. The number of benzene rings is 1. The number of carbonyl (C=O) groups is 3. The summed E-state index contributed by atoms with van der Waals surface area (Å²) in [7, 11) is 0. The maximum Gasteiger partial charge on any atom is 0.243 e. The van der Waals surface area contributed by atoms with Crippen molar-refractivity contribution in [1.29, 1.82) is 0 Å². The zero-order valence-corrected chi connectivity index (χ0v) is 17.6. The number of hydrogen-bond donors (Lipinski definition) is 4. The number of rotatable bonds is 10. The van der Waals surface area contributed by atoms with Crippen molar-refractivity contribution in [2.24, 2.45) is 17.6 Å². The Bertz CT molecular complexity index is 843. The summed E-state index contributed by atoms with van der Waals surface area (Å²) >= 11 is 0. The van der Waals surface area contributed by atoms with Crippen LogP contribution in [0.4, 0.5) is 0 Å². The zero-order valence-electron chi connectivity index (χ0n) is 17.6. The SMILES string of the molecule is CC(C)C[C@H](N)C(=O)N[C@@H](Cc1c[nH]c2ccccc12)C(=O)N[C@H](C=O)C(C)C. The van der Waals surface area contributed by atoms with Crippen molar-refractivity contribution in [3.8, 4) is 0 Å². The summed E-state index contributed by atoms with van der Waals surface area (Å²) in [5.74, 6) is -0.557. The van der Waals surface area contributed by atoms with Crippen molar-refractivity contribution < 1.29 is 14.4 Å². The highest BCUT2D eigenvalue weighted by molar-refractivity contribution is 5.92. The van der Waals surface area contributed by atoms with Crippen molar-refractivity contribution in [1.82, 2.24) is 15.6 Å². The lowest BCUT2D eigenvalue weighted by Crippen LogP contribution is -2.55. The fourth-order valence-electron chi connectivity index (χ4n) is 3.25. The average Bonchev–Trinajstić information content (AvgIpc) is 3.07. The number of fused-ring (bicyclic) bond motifs is 1. The molecule has 5 N–H and O–H groups in total. The average molecular weight is 401 g/mol. The number of nitrogens with one attached hydrogen (secondary N) is 3. The Hall–Kier alpha value is -2.67. The normalized spacial score (nSPS) is 14.6. The fraction of sp³-hybridized carbons (Fsp3) is 0.500. The van der Waals surface area contributed by atoms with E-state index in [1.54, 1.807) is 0 Å². The van der Waals surface area contributed by atoms with Gasteiger partial charge in [-0.25, -0.2) is 0 Å². The third-order valence-corrected chi connectivity index (χ3v) is 4.97. The quantitative estimate of drug-likeness (QED) is 0.456. The van der Waals surface area contributed by atoms with Gasteiger partial charge in [0.15, 0.2) is 0 Å². The maximum atomic E-state index is 12.9. The standard InChI is InChI=1S/C22H32N4O3/c1-13(2)9-17(23)21(28)25-19(22(29)26-20(12-27)14(3)4)10-15-11-24-18-8-6-5-7-16(15)18/h5-8,11-14,17,19-20,24H,9-10,23H2,1-4H3,(H,25,28)(H,26,29)/t17-,19-,20+/m0/s1. The monoisotopic (exact) mass is 400 g/mol. The summed E-state index contributed by atoms with van der Waals surface area (Å²) in [4.78, 5) is 40.0. The molecule has 0 fully saturated rings. The number of H-pyrrole nitrogens is 1. The molecule has 1 heterocycles. The van der Waals surface area contributed by atoms with Gasteiger partial charge in [-0.15, -0.1) is 0 Å². The predicted octanol–water partition coefficient (Wildman–Crippen LogP) is 1.91. The Labute approximate surface area is 171 Å². The molecule has 3 atom stereocenters. The van der Waals surface area contributed by atoms with Gasteiger partial charge in [-0.3, -0.25) is 9.59 Å². The number of nitrogens with two attached hydrogens (primary N) is 1. The van der Waals surface area contributed by atoms with Crippen LogP contribution < -0.4 is 16.4 Å². The van der Waals surface area contributed by atoms with Crippen LogP contribution in [0.15, 0.2) is 30.5 Å². The molecule has 0 saturated carbocycles. The van der Waals surface area contributed by atoms with Crippen LogP contribution in [-0.2, 0) is 20.8 Å². The molecule has 1 aromatic heterocycles. The van der Waals surface area contributed by atoms with Crippen LogP contribution in [0.1, 0.15) is 39.7 Å². The molecule has 0 unspecified atom stereocenters. The highest BCUT2D eigenvalue weighted by Gasteiger charge is 2.27. The van der Waals surface area contributed by atoms with Crippen LogP contribution in [0, 0.1) is 11.8 Å². The molecule has 7 heteroatoms. The summed E-state index contributed by atoms with van der Waals surface area (Å²) in [6.45, 7) is 7.68. The first-order valence-electron chi connectivity index (χ1n) is 10.1.